The van der Waals surface area contributed by atoms with Crippen molar-refractivity contribution in [2.75, 3.05) is 57.8 Å². The molecule has 0 aromatic heterocycles. The molecule has 2 saturated heterocycles. The van der Waals surface area contributed by atoms with Crippen molar-refractivity contribution >= 4 is 17.6 Å². The molecule has 0 saturated carbocycles. The third kappa shape index (κ3) is 6.71. The average molecular weight is 449 g/mol. The molecule has 2 N–H and O–H groups in total. The summed E-state index contributed by atoms with van der Waals surface area (Å²) in [5.74, 6) is 0.844. The molecule has 0 atom stereocenters. The first kappa shape index (κ1) is 23.1. The van der Waals surface area contributed by atoms with Gasteiger partial charge in [-0.05, 0) is 30.5 Å². The largest absolute Gasteiger partial charge is 0.368 e. The van der Waals surface area contributed by atoms with Crippen molar-refractivity contribution in [3.05, 3.63) is 66.2 Å². The van der Waals surface area contributed by atoms with Gasteiger partial charge in [-0.3, -0.25) is 14.7 Å². The first-order valence-electron chi connectivity index (χ1n) is 12.0. The second-order valence-corrected chi connectivity index (χ2v) is 8.81. The molecular formula is C26H36N6O. The molecule has 4 rings (SSSR count). The van der Waals surface area contributed by atoms with Crippen LogP contribution in [0.3, 0.4) is 0 Å². The first-order valence-corrected chi connectivity index (χ1v) is 12.0. The van der Waals surface area contributed by atoms with Crippen molar-refractivity contribution in [3.63, 3.8) is 0 Å². The monoisotopic (exact) mass is 448 g/mol. The fraction of sp³-hybridized carbons (Fsp3) is 0.462. The zero-order valence-electron chi connectivity index (χ0n) is 19.6. The van der Waals surface area contributed by atoms with Gasteiger partial charge in [0.2, 0.25) is 5.91 Å². The summed E-state index contributed by atoms with van der Waals surface area (Å²) in [5.41, 5.74) is 2.59. The zero-order chi connectivity index (χ0) is 22.9. The predicted molar refractivity (Wildman–Crippen MR) is 134 cm³/mol. The van der Waals surface area contributed by atoms with E-state index in [2.05, 4.69) is 80.0 Å². The fourth-order valence-electron chi connectivity index (χ4n) is 4.59. The van der Waals surface area contributed by atoms with Gasteiger partial charge in [-0.15, -0.1) is 0 Å². The Morgan fingerprint density at radius 3 is 2.18 bits per heavy atom. The SMILES string of the molecule is CN=C(NCC(=O)N1CCN(c2ccccc2)CC1)NC1CCN(Cc2ccccc2)CC1. The Kier molecular flexibility index (Phi) is 8.19. The van der Waals surface area contributed by atoms with E-state index in [4.69, 9.17) is 0 Å². The van der Waals surface area contributed by atoms with Crippen LogP contribution in [0.1, 0.15) is 18.4 Å². The normalized spacial score (nSPS) is 18.3. The number of hydrogen-bond acceptors (Lipinski definition) is 4. The van der Waals surface area contributed by atoms with Gasteiger partial charge in [-0.1, -0.05) is 48.5 Å². The minimum Gasteiger partial charge on any atom is -0.368 e. The van der Waals surface area contributed by atoms with E-state index in [0.29, 0.717) is 12.0 Å². The van der Waals surface area contributed by atoms with Crippen LogP contribution < -0.4 is 15.5 Å². The third-order valence-corrected chi connectivity index (χ3v) is 6.56. The summed E-state index contributed by atoms with van der Waals surface area (Å²) in [6, 6.07) is 21.4. The Morgan fingerprint density at radius 1 is 0.909 bits per heavy atom. The van der Waals surface area contributed by atoms with Gasteiger partial charge in [0.25, 0.3) is 0 Å². The van der Waals surface area contributed by atoms with Crippen LogP contribution >= 0.6 is 0 Å². The lowest BCUT2D eigenvalue weighted by atomic mass is 10.0. The van der Waals surface area contributed by atoms with Crippen molar-refractivity contribution in [3.8, 4) is 0 Å². The number of carbonyl (C=O) groups is 1. The molecule has 2 aliphatic rings. The summed E-state index contributed by atoms with van der Waals surface area (Å²) in [7, 11) is 1.77. The Bertz CT molecular complexity index is 888. The number of nitrogens with one attached hydrogen (secondary N) is 2. The van der Waals surface area contributed by atoms with Gasteiger partial charge in [0.1, 0.15) is 0 Å². The third-order valence-electron chi connectivity index (χ3n) is 6.56. The topological polar surface area (TPSA) is 63.2 Å². The van der Waals surface area contributed by atoms with E-state index >= 15 is 0 Å². The highest BCUT2D eigenvalue weighted by Crippen LogP contribution is 2.16. The van der Waals surface area contributed by atoms with Crippen molar-refractivity contribution in [1.82, 2.24) is 20.4 Å². The van der Waals surface area contributed by atoms with Gasteiger partial charge in [-0.2, -0.15) is 0 Å². The van der Waals surface area contributed by atoms with Crippen LogP contribution in [0, 0.1) is 0 Å². The number of para-hydroxylation sites is 1. The molecule has 0 radical (unpaired) electrons. The van der Waals surface area contributed by atoms with E-state index < -0.39 is 0 Å². The summed E-state index contributed by atoms with van der Waals surface area (Å²) in [5, 5.41) is 6.74. The van der Waals surface area contributed by atoms with Gasteiger partial charge < -0.3 is 20.4 Å². The van der Waals surface area contributed by atoms with E-state index in [1.807, 2.05) is 11.0 Å². The maximum atomic E-state index is 12.7. The smallest absolute Gasteiger partial charge is 0.242 e. The number of hydrogen-bond donors (Lipinski definition) is 2. The minimum atomic E-state index is 0.128. The summed E-state index contributed by atoms with van der Waals surface area (Å²) in [4.78, 5) is 23.8. The van der Waals surface area contributed by atoms with Gasteiger partial charge in [0, 0.05) is 64.6 Å². The number of amides is 1. The number of piperazine rings is 1. The molecule has 0 unspecified atom stereocenters. The van der Waals surface area contributed by atoms with Gasteiger partial charge in [-0.25, -0.2) is 0 Å². The molecule has 2 heterocycles. The van der Waals surface area contributed by atoms with Crippen LogP contribution in [0.4, 0.5) is 5.69 Å². The second-order valence-electron chi connectivity index (χ2n) is 8.81. The van der Waals surface area contributed by atoms with Crippen LogP contribution in [0.15, 0.2) is 65.7 Å². The zero-order valence-corrected chi connectivity index (χ0v) is 19.6. The molecule has 2 fully saturated rings. The number of aliphatic imine (C=N–C) groups is 1. The molecule has 2 aromatic carbocycles. The Morgan fingerprint density at radius 2 is 1.55 bits per heavy atom. The maximum Gasteiger partial charge on any atom is 0.242 e. The minimum absolute atomic E-state index is 0.128. The van der Waals surface area contributed by atoms with E-state index in [1.54, 1.807) is 7.05 Å². The Hall–Kier alpha value is -3.06. The number of likely N-dealkylation sites (tertiary alicyclic amines) is 1. The molecule has 7 heteroatoms. The van der Waals surface area contributed by atoms with E-state index in [-0.39, 0.29) is 12.5 Å². The second kappa shape index (κ2) is 11.7. The molecule has 1 amide bonds. The van der Waals surface area contributed by atoms with Crippen LogP contribution in [0.5, 0.6) is 0 Å². The summed E-state index contributed by atoms with van der Waals surface area (Å²) >= 11 is 0. The average Bonchev–Trinajstić information content (AvgIpc) is 2.88. The number of benzene rings is 2. The maximum absolute atomic E-state index is 12.7. The van der Waals surface area contributed by atoms with E-state index in [1.165, 1.54) is 11.3 Å². The van der Waals surface area contributed by atoms with Crippen LogP contribution in [-0.2, 0) is 11.3 Å². The fourth-order valence-corrected chi connectivity index (χ4v) is 4.59. The van der Waals surface area contributed by atoms with Crippen molar-refractivity contribution in [1.29, 1.82) is 0 Å². The quantitative estimate of drug-likeness (QED) is 0.524. The summed E-state index contributed by atoms with van der Waals surface area (Å²) in [6.07, 6.45) is 2.14. The van der Waals surface area contributed by atoms with Crippen molar-refractivity contribution < 1.29 is 4.79 Å². The van der Waals surface area contributed by atoms with Crippen molar-refractivity contribution in [2.45, 2.75) is 25.4 Å². The number of nitrogens with zero attached hydrogens (tertiary/aromatic N) is 4. The molecule has 2 aromatic rings. The summed E-state index contributed by atoms with van der Waals surface area (Å²) < 4.78 is 0. The number of rotatable bonds is 6. The van der Waals surface area contributed by atoms with Crippen molar-refractivity contribution in [2.24, 2.45) is 4.99 Å². The molecule has 0 bridgehead atoms. The van der Waals surface area contributed by atoms with E-state index in [9.17, 15) is 4.79 Å². The number of piperidine rings is 1. The van der Waals surface area contributed by atoms with Gasteiger partial charge in [0.15, 0.2) is 5.96 Å². The molecular weight excluding hydrogens is 412 g/mol. The van der Waals surface area contributed by atoms with Crippen LogP contribution in [-0.4, -0.2) is 80.6 Å². The van der Waals surface area contributed by atoms with Crippen LogP contribution in [0.25, 0.3) is 0 Å². The van der Waals surface area contributed by atoms with E-state index in [0.717, 1.165) is 58.7 Å². The molecule has 0 aliphatic carbocycles. The predicted octanol–water partition coefficient (Wildman–Crippen LogP) is 2.16. The molecule has 2 aliphatic heterocycles. The summed E-state index contributed by atoms with van der Waals surface area (Å²) in [6.45, 7) is 6.64. The highest BCUT2D eigenvalue weighted by atomic mass is 16.2. The Balaban J connectivity index is 1.15. The van der Waals surface area contributed by atoms with Crippen LogP contribution in [0.2, 0.25) is 0 Å². The molecule has 176 valence electrons. The molecule has 0 spiro atoms. The van der Waals surface area contributed by atoms with Gasteiger partial charge in [0.05, 0.1) is 6.54 Å². The highest BCUT2D eigenvalue weighted by Gasteiger charge is 2.23. The lowest BCUT2D eigenvalue weighted by molar-refractivity contribution is -0.130. The standard InChI is InChI=1S/C26H36N6O/c1-27-26(29-23-12-14-30(15-13-23)21-22-8-4-2-5-9-22)28-20-25(33)32-18-16-31(17-19-32)24-10-6-3-7-11-24/h2-11,23H,12-21H2,1H3,(H2,27,28,29). The number of carbonyl (C=O) groups excluding carboxylic acids is 1. The number of guanidine groups is 1. The first-order chi connectivity index (χ1) is 16.2. The lowest BCUT2D eigenvalue weighted by Crippen LogP contribution is -2.53. The Labute approximate surface area is 197 Å². The highest BCUT2D eigenvalue weighted by molar-refractivity contribution is 5.86. The number of anilines is 1. The molecule has 33 heavy (non-hydrogen) atoms. The van der Waals surface area contributed by atoms with Gasteiger partial charge >= 0.3 is 0 Å². The molecule has 7 nitrogen and oxygen atoms in total. The lowest BCUT2D eigenvalue weighted by Gasteiger charge is -2.36.